The van der Waals surface area contributed by atoms with Crippen LogP contribution in [-0.2, 0) is 0 Å². The molecule has 0 aliphatic carbocycles. The Bertz CT molecular complexity index is 319. The highest BCUT2D eigenvalue weighted by atomic mass is 16.3. The lowest BCUT2D eigenvalue weighted by Gasteiger charge is -2.22. The van der Waals surface area contributed by atoms with Gasteiger partial charge in [-0.05, 0) is 44.9 Å². The highest BCUT2D eigenvalue weighted by molar-refractivity contribution is 5.47. The van der Waals surface area contributed by atoms with Gasteiger partial charge in [-0.15, -0.1) is 0 Å². The molecule has 1 atom stereocenters. The van der Waals surface area contributed by atoms with E-state index in [9.17, 15) is 5.11 Å². The minimum absolute atomic E-state index is 0.443. The largest absolute Gasteiger partial charge is 0.389 e. The summed E-state index contributed by atoms with van der Waals surface area (Å²) in [7, 11) is 0. The number of rotatable bonds is 4. The summed E-state index contributed by atoms with van der Waals surface area (Å²) in [6, 6.07) is 2.01. The van der Waals surface area contributed by atoms with Crippen molar-refractivity contribution in [2.75, 3.05) is 18.0 Å². The summed E-state index contributed by atoms with van der Waals surface area (Å²) >= 11 is 0. The topological polar surface area (TPSA) is 36.4 Å². The zero-order chi connectivity index (χ0) is 11.4. The van der Waals surface area contributed by atoms with Crippen LogP contribution in [0.25, 0.3) is 0 Å². The van der Waals surface area contributed by atoms with Gasteiger partial charge in [0.05, 0.1) is 6.10 Å². The molecule has 1 aromatic rings. The summed E-state index contributed by atoms with van der Waals surface area (Å²) in [4.78, 5) is 6.62. The molecule has 1 heterocycles. The van der Waals surface area contributed by atoms with Crippen LogP contribution in [0, 0.1) is 6.92 Å². The molecule has 1 rings (SSSR count). The maximum absolute atomic E-state index is 9.44. The Labute approximate surface area is 91.8 Å². The molecule has 3 heteroatoms. The third-order valence-electron chi connectivity index (χ3n) is 2.62. The van der Waals surface area contributed by atoms with Crippen molar-refractivity contribution in [1.29, 1.82) is 0 Å². The Morgan fingerprint density at radius 1 is 1.40 bits per heavy atom. The fourth-order valence-corrected chi connectivity index (χ4v) is 1.67. The van der Waals surface area contributed by atoms with E-state index in [1.807, 2.05) is 13.0 Å². The smallest absolute Gasteiger partial charge is 0.131 e. The summed E-state index contributed by atoms with van der Waals surface area (Å²) < 4.78 is 0. The molecule has 3 nitrogen and oxygen atoms in total. The van der Waals surface area contributed by atoms with Crippen LogP contribution in [0.1, 0.15) is 38.0 Å². The predicted molar refractivity (Wildman–Crippen MR) is 63.2 cm³/mol. The quantitative estimate of drug-likeness (QED) is 0.824. The van der Waals surface area contributed by atoms with Crippen LogP contribution >= 0.6 is 0 Å². The second-order valence-electron chi connectivity index (χ2n) is 3.76. The molecule has 0 bridgehead atoms. The molecule has 1 N–H and O–H groups in total. The molecular formula is C12H20N2O. The first kappa shape index (κ1) is 12.0. The molecule has 0 aromatic carbocycles. The van der Waals surface area contributed by atoms with E-state index in [2.05, 4.69) is 23.7 Å². The summed E-state index contributed by atoms with van der Waals surface area (Å²) in [5.41, 5.74) is 2.00. The number of aliphatic hydroxyl groups excluding tert-OH is 1. The second-order valence-corrected chi connectivity index (χ2v) is 3.76. The molecule has 0 saturated carbocycles. The normalized spacial score (nSPS) is 12.6. The van der Waals surface area contributed by atoms with Crippen LogP contribution in [0.15, 0.2) is 12.3 Å². The molecule has 0 aliphatic rings. The lowest BCUT2D eigenvalue weighted by molar-refractivity contribution is 0.199. The monoisotopic (exact) mass is 208 g/mol. The van der Waals surface area contributed by atoms with Gasteiger partial charge >= 0.3 is 0 Å². The van der Waals surface area contributed by atoms with E-state index in [0.29, 0.717) is 0 Å². The maximum Gasteiger partial charge on any atom is 0.131 e. The molecule has 1 unspecified atom stereocenters. The SMILES string of the molecule is CCN(CC)c1ncc(C(C)O)cc1C. The van der Waals surface area contributed by atoms with E-state index in [1.54, 1.807) is 13.1 Å². The molecular weight excluding hydrogens is 188 g/mol. The molecule has 15 heavy (non-hydrogen) atoms. The van der Waals surface area contributed by atoms with Crippen LogP contribution in [0.4, 0.5) is 5.82 Å². The van der Waals surface area contributed by atoms with E-state index < -0.39 is 6.10 Å². The minimum atomic E-state index is -0.443. The molecule has 0 spiro atoms. The Morgan fingerprint density at radius 2 is 2.00 bits per heavy atom. The second kappa shape index (κ2) is 5.12. The summed E-state index contributed by atoms with van der Waals surface area (Å²) in [6.45, 7) is 9.94. The number of hydrogen-bond acceptors (Lipinski definition) is 3. The van der Waals surface area contributed by atoms with Gasteiger partial charge in [0.15, 0.2) is 0 Å². The van der Waals surface area contributed by atoms with Crippen LogP contribution in [-0.4, -0.2) is 23.2 Å². The van der Waals surface area contributed by atoms with Crippen molar-refractivity contribution >= 4 is 5.82 Å². The maximum atomic E-state index is 9.44. The standard InChI is InChI=1S/C12H20N2O/c1-5-14(6-2)12-9(3)7-11(8-13-12)10(4)15/h7-8,10,15H,5-6H2,1-4H3. The van der Waals surface area contributed by atoms with Crippen molar-refractivity contribution in [2.45, 2.75) is 33.8 Å². The number of nitrogens with zero attached hydrogens (tertiary/aromatic N) is 2. The summed E-state index contributed by atoms with van der Waals surface area (Å²) in [5.74, 6) is 1.02. The van der Waals surface area contributed by atoms with Crippen LogP contribution in [0.3, 0.4) is 0 Å². The van der Waals surface area contributed by atoms with Gasteiger partial charge in [0.25, 0.3) is 0 Å². The fourth-order valence-electron chi connectivity index (χ4n) is 1.67. The van der Waals surface area contributed by atoms with Gasteiger partial charge in [-0.3, -0.25) is 0 Å². The lowest BCUT2D eigenvalue weighted by Crippen LogP contribution is -2.24. The number of aliphatic hydroxyl groups is 1. The highest BCUT2D eigenvalue weighted by Gasteiger charge is 2.09. The van der Waals surface area contributed by atoms with Crippen LogP contribution < -0.4 is 4.90 Å². The summed E-state index contributed by atoms with van der Waals surface area (Å²) in [5, 5.41) is 9.44. The first-order valence-electron chi connectivity index (χ1n) is 5.49. The molecule has 0 amide bonds. The number of anilines is 1. The van der Waals surface area contributed by atoms with Gasteiger partial charge < -0.3 is 10.0 Å². The third-order valence-corrected chi connectivity index (χ3v) is 2.62. The Kier molecular flexibility index (Phi) is 4.09. The van der Waals surface area contributed by atoms with Crippen LogP contribution in [0.2, 0.25) is 0 Å². The van der Waals surface area contributed by atoms with Gasteiger partial charge in [-0.1, -0.05) is 0 Å². The van der Waals surface area contributed by atoms with Crippen molar-refractivity contribution in [2.24, 2.45) is 0 Å². The first-order chi connectivity index (χ1) is 7.10. The molecule has 84 valence electrons. The Balaban J connectivity index is 3.02. The minimum Gasteiger partial charge on any atom is -0.389 e. The molecule has 0 saturated heterocycles. The molecule has 1 aromatic heterocycles. The third kappa shape index (κ3) is 2.69. The average molecular weight is 208 g/mol. The van der Waals surface area contributed by atoms with Crippen LogP contribution in [0.5, 0.6) is 0 Å². The highest BCUT2D eigenvalue weighted by Crippen LogP contribution is 2.20. The zero-order valence-corrected chi connectivity index (χ0v) is 9.99. The van der Waals surface area contributed by atoms with Gasteiger partial charge in [0, 0.05) is 19.3 Å². The summed E-state index contributed by atoms with van der Waals surface area (Å²) in [6.07, 6.45) is 1.31. The number of pyridine rings is 1. The molecule has 0 fully saturated rings. The van der Waals surface area contributed by atoms with E-state index >= 15 is 0 Å². The van der Waals surface area contributed by atoms with Gasteiger partial charge in [-0.25, -0.2) is 4.98 Å². The van der Waals surface area contributed by atoms with Gasteiger partial charge in [0.1, 0.15) is 5.82 Å². The van der Waals surface area contributed by atoms with Crippen molar-refractivity contribution in [3.8, 4) is 0 Å². The molecule has 0 radical (unpaired) electrons. The van der Waals surface area contributed by atoms with E-state index in [1.165, 1.54) is 0 Å². The lowest BCUT2D eigenvalue weighted by atomic mass is 10.1. The van der Waals surface area contributed by atoms with E-state index in [0.717, 1.165) is 30.0 Å². The number of aromatic nitrogens is 1. The van der Waals surface area contributed by atoms with Crippen molar-refractivity contribution in [3.05, 3.63) is 23.4 Å². The fraction of sp³-hybridized carbons (Fsp3) is 0.583. The Morgan fingerprint density at radius 3 is 2.40 bits per heavy atom. The van der Waals surface area contributed by atoms with E-state index in [4.69, 9.17) is 0 Å². The van der Waals surface area contributed by atoms with E-state index in [-0.39, 0.29) is 0 Å². The zero-order valence-electron chi connectivity index (χ0n) is 9.99. The van der Waals surface area contributed by atoms with Gasteiger partial charge in [0.2, 0.25) is 0 Å². The van der Waals surface area contributed by atoms with Gasteiger partial charge in [-0.2, -0.15) is 0 Å². The Hall–Kier alpha value is -1.09. The predicted octanol–water partition coefficient (Wildman–Crippen LogP) is 2.29. The van der Waals surface area contributed by atoms with Crippen molar-refractivity contribution < 1.29 is 5.11 Å². The number of aryl methyl sites for hydroxylation is 1. The molecule has 0 aliphatic heterocycles. The number of hydrogen-bond donors (Lipinski definition) is 1. The van der Waals surface area contributed by atoms with Crippen molar-refractivity contribution in [3.63, 3.8) is 0 Å². The van der Waals surface area contributed by atoms with Crippen molar-refractivity contribution in [1.82, 2.24) is 4.98 Å². The first-order valence-corrected chi connectivity index (χ1v) is 5.49. The average Bonchev–Trinajstić information content (AvgIpc) is 2.21.